The van der Waals surface area contributed by atoms with Crippen LogP contribution in [-0.2, 0) is 9.53 Å². The molecule has 0 saturated heterocycles. The van der Waals surface area contributed by atoms with E-state index in [1.165, 1.54) is 7.11 Å². The smallest absolute Gasteiger partial charge is 0.344 e. The van der Waals surface area contributed by atoms with Crippen molar-refractivity contribution in [2.24, 2.45) is 4.99 Å². The number of nitrogens with zero attached hydrogens (tertiary/aromatic N) is 1. The van der Waals surface area contributed by atoms with Crippen molar-refractivity contribution in [2.75, 3.05) is 20.8 Å². The Morgan fingerprint density at radius 2 is 1.88 bits per heavy atom. The topological polar surface area (TPSA) is 94.4 Å². The summed E-state index contributed by atoms with van der Waals surface area (Å²) in [4.78, 5) is 29.8. The van der Waals surface area contributed by atoms with Crippen LogP contribution in [0, 0.1) is 6.92 Å². The third-order valence-corrected chi connectivity index (χ3v) is 5.70. The molecule has 1 aliphatic rings. The molecule has 1 heterocycles. The first-order chi connectivity index (χ1) is 15.4. The van der Waals surface area contributed by atoms with Gasteiger partial charge in [-0.05, 0) is 43.7 Å². The largest absolute Gasteiger partial charge is 0.506 e. The number of aliphatic hydroxyl groups is 1. The van der Waals surface area contributed by atoms with Crippen molar-refractivity contribution in [1.82, 2.24) is 0 Å². The van der Waals surface area contributed by atoms with Gasteiger partial charge in [0.2, 0.25) is 0 Å². The Bertz CT molecular complexity index is 1150. The summed E-state index contributed by atoms with van der Waals surface area (Å²) in [5.41, 5.74) is 1.68. The fourth-order valence-corrected chi connectivity index (χ4v) is 4.04. The molecule has 0 spiro atoms. The summed E-state index contributed by atoms with van der Waals surface area (Å²) in [5, 5.41) is 10.9. The van der Waals surface area contributed by atoms with Crippen molar-refractivity contribution in [3.63, 3.8) is 0 Å². The number of benzene rings is 2. The van der Waals surface area contributed by atoms with E-state index in [4.69, 9.17) is 14.2 Å². The molecule has 32 heavy (non-hydrogen) atoms. The standard InChI is InChI=1S/C24H23NO6S/c1-5-31-24(28)20-21(26)19(12-15-10-11-16(29-3)13-18(15)30-4)32-23(20)25-22(27)17-9-7-6-8-14(17)2/h6-13,26H,5H2,1-4H3/b19-12-,25-23?. The molecule has 1 aliphatic heterocycles. The van der Waals surface area contributed by atoms with Gasteiger partial charge in [-0.3, -0.25) is 4.79 Å². The van der Waals surface area contributed by atoms with Crippen LogP contribution in [-0.4, -0.2) is 42.9 Å². The Morgan fingerprint density at radius 3 is 2.53 bits per heavy atom. The van der Waals surface area contributed by atoms with Crippen molar-refractivity contribution >= 4 is 34.8 Å². The summed E-state index contributed by atoms with van der Waals surface area (Å²) >= 11 is 1.01. The highest BCUT2D eigenvalue weighted by molar-refractivity contribution is 8.18. The van der Waals surface area contributed by atoms with Gasteiger partial charge in [0.25, 0.3) is 5.91 Å². The fraction of sp³-hybridized carbons (Fsp3) is 0.208. The monoisotopic (exact) mass is 453 g/mol. The highest BCUT2D eigenvalue weighted by Crippen LogP contribution is 2.40. The molecule has 0 unspecified atom stereocenters. The number of hydrogen-bond acceptors (Lipinski definition) is 7. The van der Waals surface area contributed by atoms with E-state index in [0.717, 1.165) is 17.3 Å². The second-order valence-electron chi connectivity index (χ2n) is 6.70. The predicted octanol–water partition coefficient (Wildman–Crippen LogP) is 4.71. The number of carbonyl (C=O) groups is 2. The lowest BCUT2D eigenvalue weighted by atomic mass is 10.1. The molecule has 0 aliphatic carbocycles. The summed E-state index contributed by atoms with van der Waals surface area (Å²) in [7, 11) is 3.07. The number of aliphatic hydroxyl groups excluding tert-OH is 1. The molecule has 3 rings (SSSR count). The molecule has 7 nitrogen and oxygen atoms in total. The van der Waals surface area contributed by atoms with Gasteiger partial charge in [-0.1, -0.05) is 30.0 Å². The van der Waals surface area contributed by atoms with Crippen LogP contribution in [0.4, 0.5) is 0 Å². The van der Waals surface area contributed by atoms with E-state index in [2.05, 4.69) is 4.99 Å². The molecule has 0 fully saturated rings. The predicted molar refractivity (Wildman–Crippen MR) is 124 cm³/mol. The van der Waals surface area contributed by atoms with Crippen molar-refractivity contribution in [3.05, 3.63) is 75.4 Å². The lowest BCUT2D eigenvalue weighted by Gasteiger charge is -2.08. The number of ether oxygens (including phenoxy) is 3. The van der Waals surface area contributed by atoms with Gasteiger partial charge in [0, 0.05) is 17.2 Å². The molecule has 2 aromatic carbocycles. The Labute approximate surface area is 190 Å². The highest BCUT2D eigenvalue weighted by Gasteiger charge is 2.34. The highest BCUT2D eigenvalue weighted by atomic mass is 32.2. The summed E-state index contributed by atoms with van der Waals surface area (Å²) in [6.45, 7) is 3.58. The van der Waals surface area contributed by atoms with Crippen molar-refractivity contribution < 1.29 is 28.9 Å². The quantitative estimate of drug-likeness (QED) is 0.633. The summed E-state index contributed by atoms with van der Waals surface area (Å²) in [6, 6.07) is 12.2. The molecule has 0 bridgehead atoms. The van der Waals surface area contributed by atoms with E-state index < -0.39 is 11.9 Å². The lowest BCUT2D eigenvalue weighted by Crippen LogP contribution is -2.14. The Hall–Kier alpha value is -3.52. The molecule has 2 aromatic rings. The minimum Gasteiger partial charge on any atom is -0.506 e. The number of amides is 1. The van der Waals surface area contributed by atoms with Gasteiger partial charge >= 0.3 is 5.97 Å². The maximum absolute atomic E-state index is 12.8. The number of thioether (sulfide) groups is 1. The number of carbonyl (C=O) groups excluding carboxylic acids is 2. The first-order valence-electron chi connectivity index (χ1n) is 9.80. The van der Waals surface area contributed by atoms with Crippen LogP contribution >= 0.6 is 11.8 Å². The minimum absolute atomic E-state index is 0.0768. The van der Waals surface area contributed by atoms with Crippen molar-refractivity contribution in [3.8, 4) is 11.5 Å². The molecule has 8 heteroatoms. The summed E-state index contributed by atoms with van der Waals surface area (Å²) in [5.74, 6) is -0.435. The average Bonchev–Trinajstić information content (AvgIpc) is 3.08. The van der Waals surface area contributed by atoms with Crippen LogP contribution < -0.4 is 9.47 Å². The van der Waals surface area contributed by atoms with E-state index in [-0.39, 0.29) is 23.0 Å². The molecule has 0 aromatic heterocycles. The summed E-state index contributed by atoms with van der Waals surface area (Å²) < 4.78 is 15.7. The lowest BCUT2D eigenvalue weighted by molar-refractivity contribution is -0.138. The first kappa shape index (κ1) is 23.1. The Kier molecular flexibility index (Phi) is 7.37. The van der Waals surface area contributed by atoms with Gasteiger partial charge in [-0.25, -0.2) is 9.79 Å². The van der Waals surface area contributed by atoms with Gasteiger partial charge in [0.1, 0.15) is 27.9 Å². The molecular weight excluding hydrogens is 430 g/mol. The van der Waals surface area contributed by atoms with E-state index in [1.807, 2.05) is 6.07 Å². The van der Waals surface area contributed by atoms with E-state index in [0.29, 0.717) is 27.5 Å². The van der Waals surface area contributed by atoms with Crippen LogP contribution in [0.3, 0.4) is 0 Å². The van der Waals surface area contributed by atoms with Crippen molar-refractivity contribution in [2.45, 2.75) is 13.8 Å². The van der Waals surface area contributed by atoms with E-state index in [1.54, 1.807) is 63.4 Å². The third-order valence-electron chi connectivity index (χ3n) is 4.68. The van der Waals surface area contributed by atoms with E-state index >= 15 is 0 Å². The number of hydrogen-bond donors (Lipinski definition) is 1. The zero-order valence-corrected chi connectivity index (χ0v) is 19.0. The molecule has 166 valence electrons. The van der Waals surface area contributed by atoms with Crippen LogP contribution in [0.1, 0.15) is 28.4 Å². The molecule has 0 saturated carbocycles. The maximum Gasteiger partial charge on any atom is 0.344 e. The number of rotatable bonds is 6. The molecular formula is C24H23NO6S. The average molecular weight is 454 g/mol. The molecule has 1 amide bonds. The van der Waals surface area contributed by atoms with Gasteiger partial charge in [-0.15, -0.1) is 0 Å². The molecule has 0 radical (unpaired) electrons. The third kappa shape index (κ3) is 4.86. The second-order valence-corrected chi connectivity index (χ2v) is 7.73. The number of methoxy groups -OCH3 is 2. The first-order valence-corrected chi connectivity index (χ1v) is 10.6. The molecule has 1 N–H and O–H groups in total. The van der Waals surface area contributed by atoms with Crippen LogP contribution in [0.5, 0.6) is 11.5 Å². The zero-order chi connectivity index (χ0) is 23.3. The van der Waals surface area contributed by atoms with Gasteiger partial charge in [0.05, 0.1) is 25.7 Å². The molecule has 0 atom stereocenters. The van der Waals surface area contributed by atoms with Gasteiger partial charge in [0.15, 0.2) is 0 Å². The van der Waals surface area contributed by atoms with Crippen LogP contribution in [0.25, 0.3) is 6.08 Å². The van der Waals surface area contributed by atoms with Gasteiger partial charge < -0.3 is 19.3 Å². The second kappa shape index (κ2) is 10.2. The van der Waals surface area contributed by atoms with Crippen LogP contribution in [0.15, 0.2) is 63.7 Å². The SMILES string of the molecule is CCOC(=O)C1=C(O)/C(=C/c2ccc(OC)cc2OC)SC1=NC(=O)c1ccccc1C. The normalized spacial score (nSPS) is 15.9. The Balaban J connectivity index is 2.06. The van der Waals surface area contributed by atoms with Gasteiger partial charge in [-0.2, -0.15) is 0 Å². The number of aliphatic imine (C=N–C) groups is 1. The van der Waals surface area contributed by atoms with E-state index in [9.17, 15) is 14.7 Å². The summed E-state index contributed by atoms with van der Waals surface area (Å²) in [6.07, 6.45) is 1.65. The Morgan fingerprint density at radius 1 is 1.12 bits per heavy atom. The number of aryl methyl sites for hydroxylation is 1. The van der Waals surface area contributed by atoms with Crippen molar-refractivity contribution in [1.29, 1.82) is 0 Å². The minimum atomic E-state index is -0.751. The van der Waals surface area contributed by atoms with Crippen LogP contribution in [0.2, 0.25) is 0 Å². The number of esters is 1. The fourth-order valence-electron chi connectivity index (χ4n) is 3.04. The maximum atomic E-state index is 12.8. The zero-order valence-electron chi connectivity index (χ0n) is 18.2.